The van der Waals surface area contributed by atoms with Gasteiger partial charge in [-0.3, -0.25) is 9.59 Å². The molecule has 1 saturated heterocycles. The standard InChI is InChI=1S/C21H26F2N2O4/c1-20(2,3)29-19(28)25-9-12-13(10-25)15(12)18(27)24-21(4,5)17(26)11-7-6-8-14(22)16(11)23/h6-8,12-13,15H,9-10H2,1-5H3,(H,24,27)/t12-,13?,15?/m0/s1. The Balaban J connectivity index is 1.59. The predicted octanol–water partition coefficient (Wildman–Crippen LogP) is 3.16. The van der Waals surface area contributed by atoms with Gasteiger partial charge >= 0.3 is 6.09 Å². The highest BCUT2D eigenvalue weighted by molar-refractivity contribution is 6.05. The third-order valence-electron chi connectivity index (χ3n) is 5.35. The molecule has 2 fully saturated rings. The molecule has 29 heavy (non-hydrogen) atoms. The number of hydrogen-bond acceptors (Lipinski definition) is 4. The molecule has 1 saturated carbocycles. The summed E-state index contributed by atoms with van der Waals surface area (Å²) in [5.41, 5.74) is -2.38. The van der Waals surface area contributed by atoms with Crippen LogP contribution in [0.15, 0.2) is 18.2 Å². The Hall–Kier alpha value is -2.51. The molecule has 1 aliphatic carbocycles. The first-order chi connectivity index (χ1) is 13.3. The van der Waals surface area contributed by atoms with E-state index in [4.69, 9.17) is 4.74 Å². The van der Waals surface area contributed by atoms with Gasteiger partial charge in [0.1, 0.15) is 5.60 Å². The fourth-order valence-corrected chi connectivity index (χ4v) is 3.85. The Morgan fingerprint density at radius 2 is 1.66 bits per heavy atom. The van der Waals surface area contributed by atoms with Crippen molar-refractivity contribution < 1.29 is 27.9 Å². The molecule has 0 radical (unpaired) electrons. The molecule has 2 unspecified atom stereocenters. The van der Waals surface area contributed by atoms with Gasteiger partial charge in [0.05, 0.1) is 11.1 Å². The van der Waals surface area contributed by atoms with Crippen LogP contribution >= 0.6 is 0 Å². The van der Waals surface area contributed by atoms with Crippen LogP contribution in [0.1, 0.15) is 45.0 Å². The Morgan fingerprint density at radius 3 is 2.21 bits per heavy atom. The molecule has 2 aliphatic rings. The van der Waals surface area contributed by atoms with Gasteiger partial charge < -0.3 is 15.0 Å². The van der Waals surface area contributed by atoms with Gasteiger partial charge in [-0.05, 0) is 58.6 Å². The average Bonchev–Trinajstić information content (AvgIpc) is 3.09. The fourth-order valence-electron chi connectivity index (χ4n) is 3.85. The largest absolute Gasteiger partial charge is 0.444 e. The van der Waals surface area contributed by atoms with Gasteiger partial charge in [0, 0.05) is 19.0 Å². The summed E-state index contributed by atoms with van der Waals surface area (Å²) in [6.45, 7) is 9.13. The molecular weight excluding hydrogens is 382 g/mol. The van der Waals surface area contributed by atoms with E-state index in [1.54, 1.807) is 25.7 Å². The molecule has 1 N–H and O–H groups in total. The lowest BCUT2D eigenvalue weighted by atomic mass is 9.92. The maximum absolute atomic E-state index is 14.0. The monoisotopic (exact) mass is 408 g/mol. The number of nitrogens with zero attached hydrogens (tertiary/aromatic N) is 1. The van der Waals surface area contributed by atoms with Crippen LogP contribution in [0.2, 0.25) is 0 Å². The molecule has 3 atom stereocenters. The van der Waals surface area contributed by atoms with Crippen molar-refractivity contribution in [3.8, 4) is 0 Å². The molecule has 6 nitrogen and oxygen atoms in total. The lowest BCUT2D eigenvalue weighted by molar-refractivity contribution is -0.124. The second-order valence-electron chi connectivity index (χ2n) is 9.28. The number of hydrogen-bond donors (Lipinski definition) is 1. The van der Waals surface area contributed by atoms with E-state index in [0.29, 0.717) is 13.1 Å². The zero-order valence-corrected chi connectivity index (χ0v) is 17.2. The minimum Gasteiger partial charge on any atom is -0.444 e. The van der Waals surface area contributed by atoms with E-state index in [1.165, 1.54) is 26.0 Å². The van der Waals surface area contributed by atoms with E-state index in [0.717, 1.165) is 6.07 Å². The third-order valence-corrected chi connectivity index (χ3v) is 5.35. The smallest absolute Gasteiger partial charge is 0.410 e. The van der Waals surface area contributed by atoms with Crippen molar-refractivity contribution in [3.05, 3.63) is 35.4 Å². The molecule has 0 bridgehead atoms. The second-order valence-corrected chi connectivity index (χ2v) is 9.28. The molecule has 0 spiro atoms. The number of halogens is 2. The number of fused-ring (bicyclic) bond motifs is 1. The van der Waals surface area contributed by atoms with Crippen molar-refractivity contribution >= 4 is 17.8 Å². The van der Waals surface area contributed by atoms with E-state index in [9.17, 15) is 23.2 Å². The zero-order chi connectivity index (χ0) is 21.7. The van der Waals surface area contributed by atoms with Gasteiger partial charge in [-0.2, -0.15) is 0 Å². The molecule has 1 aromatic rings. The molecule has 2 amide bonds. The molecule has 8 heteroatoms. The number of ketones is 1. The molecule has 158 valence electrons. The number of ether oxygens (including phenoxy) is 1. The van der Waals surface area contributed by atoms with Crippen LogP contribution in [0, 0.1) is 29.4 Å². The number of carbonyl (C=O) groups excluding carboxylic acids is 3. The van der Waals surface area contributed by atoms with Crippen molar-refractivity contribution in [2.24, 2.45) is 17.8 Å². The summed E-state index contributed by atoms with van der Waals surface area (Å²) in [4.78, 5) is 39.0. The fraction of sp³-hybridized carbons (Fsp3) is 0.571. The van der Waals surface area contributed by atoms with E-state index >= 15 is 0 Å². The summed E-state index contributed by atoms with van der Waals surface area (Å²) < 4.78 is 32.7. The van der Waals surface area contributed by atoms with Gasteiger partial charge in [0.25, 0.3) is 0 Å². The van der Waals surface area contributed by atoms with Gasteiger partial charge in [0.2, 0.25) is 5.91 Å². The van der Waals surface area contributed by atoms with Crippen LogP contribution in [0.4, 0.5) is 13.6 Å². The number of rotatable bonds is 4. The van der Waals surface area contributed by atoms with Crippen LogP contribution in [0.5, 0.6) is 0 Å². The molecule has 1 aromatic carbocycles. The number of Topliss-reactive ketones (excluding diaryl/α,β-unsaturated/α-hetero) is 1. The van der Waals surface area contributed by atoms with Gasteiger partial charge in [-0.1, -0.05) is 6.07 Å². The first kappa shape index (κ1) is 21.2. The summed E-state index contributed by atoms with van der Waals surface area (Å²) in [5.74, 6) is -3.65. The normalized spacial score (nSPS) is 23.4. The number of nitrogens with one attached hydrogen (secondary N) is 1. The zero-order valence-electron chi connectivity index (χ0n) is 17.2. The van der Waals surface area contributed by atoms with E-state index in [1.807, 2.05) is 0 Å². The first-order valence-corrected chi connectivity index (χ1v) is 9.60. The van der Waals surface area contributed by atoms with Gasteiger partial charge in [0.15, 0.2) is 17.4 Å². The van der Waals surface area contributed by atoms with Crippen molar-refractivity contribution in [1.29, 1.82) is 0 Å². The summed E-state index contributed by atoms with van der Waals surface area (Å²) in [7, 11) is 0. The SMILES string of the molecule is CC(C)(C)OC(=O)N1CC2C(C(=O)NC(C)(C)C(=O)c3cccc(F)c3F)[C@H]2C1. The van der Waals surface area contributed by atoms with Crippen LogP contribution < -0.4 is 5.32 Å². The summed E-state index contributed by atoms with van der Waals surface area (Å²) >= 11 is 0. The number of likely N-dealkylation sites (tertiary alicyclic amines) is 1. The maximum atomic E-state index is 14.0. The Morgan fingerprint density at radius 1 is 1.07 bits per heavy atom. The highest BCUT2D eigenvalue weighted by atomic mass is 19.2. The van der Waals surface area contributed by atoms with Crippen LogP contribution in [-0.2, 0) is 9.53 Å². The highest BCUT2D eigenvalue weighted by Crippen LogP contribution is 2.52. The molecule has 1 heterocycles. The van der Waals surface area contributed by atoms with Gasteiger partial charge in [-0.15, -0.1) is 0 Å². The topological polar surface area (TPSA) is 75.7 Å². The van der Waals surface area contributed by atoms with E-state index < -0.39 is 40.2 Å². The molecular formula is C21H26F2N2O4. The van der Waals surface area contributed by atoms with Crippen molar-refractivity contribution in [1.82, 2.24) is 10.2 Å². The molecule has 3 rings (SSSR count). The van der Waals surface area contributed by atoms with Gasteiger partial charge in [-0.25, -0.2) is 13.6 Å². The Kier molecular flexibility index (Phi) is 5.17. The summed E-state index contributed by atoms with van der Waals surface area (Å²) in [6.07, 6.45) is -0.402. The second kappa shape index (κ2) is 7.07. The Bertz CT molecular complexity index is 851. The van der Waals surface area contributed by atoms with Crippen LogP contribution in [0.3, 0.4) is 0 Å². The molecule has 1 aliphatic heterocycles. The predicted molar refractivity (Wildman–Crippen MR) is 101 cm³/mol. The van der Waals surface area contributed by atoms with Crippen molar-refractivity contribution in [3.63, 3.8) is 0 Å². The summed E-state index contributed by atoms with van der Waals surface area (Å²) in [5, 5.41) is 2.66. The minimum absolute atomic E-state index is 0.0133. The lowest BCUT2D eigenvalue weighted by Crippen LogP contribution is -2.51. The third kappa shape index (κ3) is 4.26. The summed E-state index contributed by atoms with van der Waals surface area (Å²) in [6, 6.07) is 3.37. The molecule has 0 aromatic heterocycles. The number of carbonyl (C=O) groups is 3. The minimum atomic E-state index is -1.40. The first-order valence-electron chi connectivity index (χ1n) is 9.60. The van der Waals surface area contributed by atoms with Crippen molar-refractivity contribution in [2.75, 3.05) is 13.1 Å². The van der Waals surface area contributed by atoms with Crippen molar-refractivity contribution in [2.45, 2.75) is 45.8 Å². The highest BCUT2D eigenvalue weighted by Gasteiger charge is 2.61. The lowest BCUT2D eigenvalue weighted by Gasteiger charge is -2.27. The average molecular weight is 408 g/mol. The van der Waals surface area contributed by atoms with Crippen LogP contribution in [0.25, 0.3) is 0 Å². The number of amides is 2. The maximum Gasteiger partial charge on any atom is 0.410 e. The quantitative estimate of drug-likeness (QED) is 0.777. The number of piperidine rings is 1. The van der Waals surface area contributed by atoms with E-state index in [2.05, 4.69) is 5.32 Å². The van der Waals surface area contributed by atoms with Crippen LogP contribution in [-0.4, -0.2) is 46.9 Å². The number of benzene rings is 1. The Labute approximate surface area is 168 Å². The van der Waals surface area contributed by atoms with E-state index in [-0.39, 0.29) is 23.7 Å².